The third-order valence-corrected chi connectivity index (χ3v) is 3.09. The Morgan fingerprint density at radius 2 is 1.37 bits per heavy atom. The number of ether oxygens (including phenoxy) is 2. The monoisotopic (exact) mass is 268 g/mol. The zero-order chi connectivity index (χ0) is 14.1. The van der Waals surface area contributed by atoms with Crippen LogP contribution < -0.4 is 0 Å². The predicted octanol–water partition coefficient (Wildman–Crippen LogP) is 3.15. The molecule has 0 aliphatic heterocycles. The summed E-state index contributed by atoms with van der Waals surface area (Å²) in [7, 11) is 0. The van der Waals surface area contributed by atoms with E-state index in [0.29, 0.717) is 13.2 Å². The van der Waals surface area contributed by atoms with Gasteiger partial charge in [-0.1, -0.05) is 20.3 Å². The Bertz CT molecular complexity index is 314. The Morgan fingerprint density at radius 3 is 1.79 bits per heavy atom. The predicted molar refractivity (Wildman–Crippen MR) is 72.6 cm³/mol. The Labute approximate surface area is 115 Å². The Balaban J connectivity index is 2.83. The molecule has 1 fully saturated rings. The van der Waals surface area contributed by atoms with Gasteiger partial charge < -0.3 is 9.47 Å². The summed E-state index contributed by atoms with van der Waals surface area (Å²) in [5.41, 5.74) is 1.06. The van der Waals surface area contributed by atoms with Gasteiger partial charge in [0.25, 0.3) is 0 Å². The van der Waals surface area contributed by atoms with Gasteiger partial charge in [0.05, 0.1) is 13.2 Å². The first kappa shape index (κ1) is 15.7. The number of allylic oxidation sites excluding steroid dienone is 1. The minimum absolute atomic E-state index is 0.154. The van der Waals surface area contributed by atoms with Crippen molar-refractivity contribution in [3.05, 3.63) is 11.1 Å². The molecule has 1 saturated carbocycles. The van der Waals surface area contributed by atoms with Crippen molar-refractivity contribution >= 4 is 11.9 Å². The minimum Gasteiger partial charge on any atom is -0.462 e. The van der Waals surface area contributed by atoms with Crippen molar-refractivity contribution in [2.45, 2.75) is 58.8 Å². The maximum absolute atomic E-state index is 12.0. The number of carbonyl (C=O) groups excluding carboxylic acids is 2. The summed E-state index contributed by atoms with van der Waals surface area (Å²) in [6.07, 6.45) is 6.32. The highest BCUT2D eigenvalue weighted by Crippen LogP contribution is 2.27. The van der Waals surface area contributed by atoms with Crippen LogP contribution in [0, 0.1) is 0 Å². The average molecular weight is 268 g/mol. The van der Waals surface area contributed by atoms with Crippen LogP contribution in [0.15, 0.2) is 11.1 Å². The topological polar surface area (TPSA) is 52.6 Å². The molecule has 4 nitrogen and oxygen atoms in total. The summed E-state index contributed by atoms with van der Waals surface area (Å²) in [4.78, 5) is 24.1. The molecule has 1 aliphatic carbocycles. The highest BCUT2D eigenvalue weighted by molar-refractivity contribution is 6.14. The van der Waals surface area contributed by atoms with E-state index in [0.717, 1.165) is 50.5 Å². The van der Waals surface area contributed by atoms with E-state index in [1.807, 2.05) is 13.8 Å². The van der Waals surface area contributed by atoms with Crippen LogP contribution in [0.1, 0.15) is 58.8 Å². The van der Waals surface area contributed by atoms with Gasteiger partial charge >= 0.3 is 11.9 Å². The molecule has 0 bridgehead atoms. The molecule has 0 heterocycles. The van der Waals surface area contributed by atoms with Crippen LogP contribution in [0.25, 0.3) is 0 Å². The molecular formula is C15H24O4. The summed E-state index contributed by atoms with van der Waals surface area (Å²) >= 11 is 0. The quantitative estimate of drug-likeness (QED) is 0.321. The normalized spacial score (nSPS) is 14.9. The zero-order valence-corrected chi connectivity index (χ0v) is 12.0. The van der Waals surface area contributed by atoms with Crippen molar-refractivity contribution in [2.24, 2.45) is 0 Å². The summed E-state index contributed by atoms with van der Waals surface area (Å²) in [5, 5.41) is 0. The molecule has 1 aliphatic rings. The SMILES string of the molecule is CCCOC(=O)C(C(=O)OCCC)=C1CCCCC1. The average Bonchev–Trinajstić information content (AvgIpc) is 2.44. The number of carbonyl (C=O) groups is 2. The molecule has 0 radical (unpaired) electrons. The molecule has 108 valence electrons. The zero-order valence-electron chi connectivity index (χ0n) is 12.0. The Morgan fingerprint density at radius 1 is 0.895 bits per heavy atom. The van der Waals surface area contributed by atoms with Crippen LogP contribution in [0.2, 0.25) is 0 Å². The second-order valence-corrected chi connectivity index (χ2v) is 4.81. The van der Waals surface area contributed by atoms with Crippen LogP contribution in [-0.2, 0) is 19.1 Å². The molecule has 0 unspecified atom stereocenters. The number of hydrogen-bond donors (Lipinski definition) is 0. The molecule has 0 spiro atoms. The summed E-state index contributed by atoms with van der Waals surface area (Å²) in [6, 6.07) is 0. The van der Waals surface area contributed by atoms with Gasteiger partial charge in [0.15, 0.2) is 0 Å². The fourth-order valence-electron chi connectivity index (χ4n) is 2.13. The van der Waals surface area contributed by atoms with E-state index in [9.17, 15) is 9.59 Å². The molecule has 0 saturated heterocycles. The van der Waals surface area contributed by atoms with Gasteiger partial charge in [-0.3, -0.25) is 0 Å². The van der Waals surface area contributed by atoms with Crippen molar-refractivity contribution < 1.29 is 19.1 Å². The number of hydrogen-bond acceptors (Lipinski definition) is 4. The molecule has 4 heteroatoms. The van der Waals surface area contributed by atoms with Crippen LogP contribution in [0.3, 0.4) is 0 Å². The molecule has 0 aromatic rings. The van der Waals surface area contributed by atoms with E-state index >= 15 is 0 Å². The Hall–Kier alpha value is -1.32. The highest BCUT2D eigenvalue weighted by atomic mass is 16.6. The fraction of sp³-hybridized carbons (Fsp3) is 0.733. The third-order valence-electron chi connectivity index (χ3n) is 3.09. The first-order valence-electron chi connectivity index (χ1n) is 7.27. The van der Waals surface area contributed by atoms with Crippen LogP contribution in [-0.4, -0.2) is 25.2 Å². The van der Waals surface area contributed by atoms with Gasteiger partial charge in [0.2, 0.25) is 0 Å². The lowest BCUT2D eigenvalue weighted by Crippen LogP contribution is -2.22. The van der Waals surface area contributed by atoms with Crippen LogP contribution >= 0.6 is 0 Å². The van der Waals surface area contributed by atoms with Crippen molar-refractivity contribution in [2.75, 3.05) is 13.2 Å². The fourth-order valence-corrected chi connectivity index (χ4v) is 2.13. The van der Waals surface area contributed by atoms with Gasteiger partial charge in [-0.05, 0) is 44.1 Å². The molecule has 1 rings (SSSR count). The van der Waals surface area contributed by atoms with Crippen molar-refractivity contribution in [1.29, 1.82) is 0 Å². The maximum atomic E-state index is 12.0. The van der Waals surface area contributed by atoms with Gasteiger partial charge in [0.1, 0.15) is 5.57 Å². The maximum Gasteiger partial charge on any atom is 0.345 e. The van der Waals surface area contributed by atoms with E-state index in [1.54, 1.807) is 0 Å². The van der Waals surface area contributed by atoms with Gasteiger partial charge in [0, 0.05) is 0 Å². The van der Waals surface area contributed by atoms with Crippen molar-refractivity contribution in [3.63, 3.8) is 0 Å². The molecule has 0 N–H and O–H groups in total. The molecule has 19 heavy (non-hydrogen) atoms. The van der Waals surface area contributed by atoms with E-state index in [2.05, 4.69) is 0 Å². The minimum atomic E-state index is -0.514. The largest absolute Gasteiger partial charge is 0.462 e. The molecule has 0 aromatic carbocycles. The summed E-state index contributed by atoms with van der Waals surface area (Å²) < 4.78 is 10.2. The van der Waals surface area contributed by atoms with Crippen LogP contribution in [0.5, 0.6) is 0 Å². The van der Waals surface area contributed by atoms with E-state index in [-0.39, 0.29) is 5.57 Å². The Kier molecular flexibility index (Phi) is 7.23. The van der Waals surface area contributed by atoms with E-state index < -0.39 is 11.9 Å². The lowest BCUT2D eigenvalue weighted by atomic mass is 9.91. The first-order chi connectivity index (χ1) is 9.20. The third kappa shape index (κ3) is 5.05. The van der Waals surface area contributed by atoms with Crippen LogP contribution in [0.4, 0.5) is 0 Å². The second kappa shape index (κ2) is 8.73. The molecular weight excluding hydrogens is 244 g/mol. The summed E-state index contributed by atoms with van der Waals surface area (Å²) in [6.45, 7) is 4.54. The summed E-state index contributed by atoms with van der Waals surface area (Å²) in [5.74, 6) is -1.03. The lowest BCUT2D eigenvalue weighted by molar-refractivity contribution is -0.147. The van der Waals surface area contributed by atoms with E-state index in [4.69, 9.17) is 9.47 Å². The lowest BCUT2D eigenvalue weighted by Gasteiger charge is -2.17. The first-order valence-corrected chi connectivity index (χ1v) is 7.27. The van der Waals surface area contributed by atoms with Crippen molar-refractivity contribution in [1.82, 2.24) is 0 Å². The van der Waals surface area contributed by atoms with Crippen molar-refractivity contribution in [3.8, 4) is 0 Å². The van der Waals surface area contributed by atoms with Gasteiger partial charge in [-0.25, -0.2) is 9.59 Å². The molecule has 0 amide bonds. The van der Waals surface area contributed by atoms with Gasteiger partial charge in [-0.15, -0.1) is 0 Å². The molecule has 0 aromatic heterocycles. The van der Waals surface area contributed by atoms with Gasteiger partial charge in [-0.2, -0.15) is 0 Å². The van der Waals surface area contributed by atoms with E-state index in [1.165, 1.54) is 0 Å². The number of esters is 2. The standard InChI is InChI=1S/C15H24O4/c1-3-10-18-14(16)13(15(17)19-11-4-2)12-8-6-5-7-9-12/h3-11H2,1-2H3. The molecule has 0 atom stereocenters. The highest BCUT2D eigenvalue weighted by Gasteiger charge is 2.26. The smallest absolute Gasteiger partial charge is 0.345 e. The second-order valence-electron chi connectivity index (χ2n) is 4.81. The number of rotatable bonds is 6.